The number of aromatic nitrogens is 1. The number of halogens is 2. The molecule has 0 radical (unpaired) electrons. The SMILES string of the molecule is CC(C)CC(NC(Cc1csc(-c2ccc(Cl)cc2Cl)n1)C(=O)O)C(=O)O. The Morgan fingerprint density at radius 2 is 1.85 bits per heavy atom. The Morgan fingerprint density at radius 1 is 1.19 bits per heavy atom. The van der Waals surface area contributed by atoms with Crippen molar-refractivity contribution in [2.75, 3.05) is 0 Å². The van der Waals surface area contributed by atoms with Gasteiger partial charge in [0.05, 0.1) is 10.7 Å². The third kappa shape index (κ3) is 6.17. The number of carboxylic acid groups (broad SMARTS) is 2. The maximum Gasteiger partial charge on any atom is 0.321 e. The zero-order valence-electron chi connectivity index (χ0n) is 14.8. The topological polar surface area (TPSA) is 99.5 Å². The summed E-state index contributed by atoms with van der Waals surface area (Å²) in [7, 11) is 0. The van der Waals surface area contributed by atoms with E-state index in [2.05, 4.69) is 10.3 Å². The standard InChI is InChI=1S/C18H20Cl2N2O4S/c1-9(2)5-14(17(23)24)22-15(18(25)26)7-11-8-27-16(21-11)12-4-3-10(19)6-13(12)20/h3-4,6,8-9,14-15,22H,5,7H2,1-2H3,(H,23,24)(H,25,26). The molecule has 0 bridgehead atoms. The molecule has 6 nitrogen and oxygen atoms in total. The molecule has 27 heavy (non-hydrogen) atoms. The monoisotopic (exact) mass is 430 g/mol. The van der Waals surface area contributed by atoms with Crippen LogP contribution in [0.15, 0.2) is 23.6 Å². The van der Waals surface area contributed by atoms with E-state index in [1.54, 1.807) is 23.6 Å². The van der Waals surface area contributed by atoms with Gasteiger partial charge in [-0.3, -0.25) is 14.9 Å². The normalized spacial score (nSPS) is 13.5. The molecule has 2 atom stereocenters. The van der Waals surface area contributed by atoms with Crippen molar-refractivity contribution in [2.45, 2.75) is 38.8 Å². The van der Waals surface area contributed by atoms with E-state index in [4.69, 9.17) is 23.2 Å². The minimum Gasteiger partial charge on any atom is -0.480 e. The summed E-state index contributed by atoms with van der Waals surface area (Å²) >= 11 is 13.4. The van der Waals surface area contributed by atoms with Gasteiger partial charge in [-0.1, -0.05) is 37.0 Å². The minimum atomic E-state index is -1.12. The minimum absolute atomic E-state index is 0.0684. The Kier molecular flexibility index (Phi) is 7.61. The molecule has 0 aliphatic rings. The van der Waals surface area contributed by atoms with Gasteiger partial charge < -0.3 is 10.2 Å². The van der Waals surface area contributed by atoms with E-state index in [1.807, 2.05) is 13.8 Å². The van der Waals surface area contributed by atoms with Gasteiger partial charge in [-0.25, -0.2) is 4.98 Å². The van der Waals surface area contributed by atoms with Crippen LogP contribution in [0.2, 0.25) is 10.0 Å². The van der Waals surface area contributed by atoms with Gasteiger partial charge in [-0.2, -0.15) is 0 Å². The Balaban J connectivity index is 2.16. The lowest BCUT2D eigenvalue weighted by Crippen LogP contribution is -2.48. The van der Waals surface area contributed by atoms with Crippen molar-refractivity contribution in [1.29, 1.82) is 0 Å². The van der Waals surface area contributed by atoms with Crippen molar-refractivity contribution in [3.05, 3.63) is 39.3 Å². The fourth-order valence-corrected chi connectivity index (χ4v) is 3.99. The number of hydrogen-bond acceptors (Lipinski definition) is 5. The highest BCUT2D eigenvalue weighted by atomic mass is 35.5. The number of carbonyl (C=O) groups is 2. The molecule has 9 heteroatoms. The third-order valence-electron chi connectivity index (χ3n) is 3.83. The summed E-state index contributed by atoms with van der Waals surface area (Å²) in [5, 5.41) is 24.9. The largest absolute Gasteiger partial charge is 0.480 e. The van der Waals surface area contributed by atoms with E-state index in [0.29, 0.717) is 32.7 Å². The molecule has 0 saturated carbocycles. The predicted octanol–water partition coefficient (Wildman–Crippen LogP) is 4.20. The maximum absolute atomic E-state index is 11.6. The van der Waals surface area contributed by atoms with E-state index in [9.17, 15) is 19.8 Å². The second-order valence-electron chi connectivity index (χ2n) is 6.55. The quantitative estimate of drug-likeness (QED) is 0.550. The van der Waals surface area contributed by atoms with Gasteiger partial charge in [0.15, 0.2) is 0 Å². The number of carboxylic acids is 2. The number of nitrogens with zero attached hydrogens (tertiary/aromatic N) is 1. The lowest BCUT2D eigenvalue weighted by molar-refractivity contribution is -0.142. The molecule has 146 valence electrons. The highest BCUT2D eigenvalue weighted by Gasteiger charge is 2.27. The van der Waals surface area contributed by atoms with Gasteiger partial charge in [-0.15, -0.1) is 11.3 Å². The summed E-state index contributed by atoms with van der Waals surface area (Å²) < 4.78 is 0. The van der Waals surface area contributed by atoms with Gasteiger partial charge >= 0.3 is 11.9 Å². The Labute approximate surface area is 171 Å². The predicted molar refractivity (Wildman–Crippen MR) is 107 cm³/mol. The van der Waals surface area contributed by atoms with Crippen molar-refractivity contribution in [1.82, 2.24) is 10.3 Å². The molecule has 0 fully saturated rings. The zero-order valence-corrected chi connectivity index (χ0v) is 17.1. The van der Waals surface area contributed by atoms with Gasteiger partial charge in [0.1, 0.15) is 17.1 Å². The van der Waals surface area contributed by atoms with Crippen LogP contribution < -0.4 is 5.32 Å². The van der Waals surface area contributed by atoms with Crippen molar-refractivity contribution in [3.63, 3.8) is 0 Å². The van der Waals surface area contributed by atoms with Gasteiger partial charge in [-0.05, 0) is 30.5 Å². The van der Waals surface area contributed by atoms with Crippen molar-refractivity contribution >= 4 is 46.5 Å². The van der Waals surface area contributed by atoms with E-state index in [-0.39, 0.29) is 12.3 Å². The van der Waals surface area contributed by atoms with Crippen molar-refractivity contribution < 1.29 is 19.8 Å². The van der Waals surface area contributed by atoms with Crippen LogP contribution in [-0.4, -0.2) is 39.2 Å². The van der Waals surface area contributed by atoms with Gasteiger partial charge in [0, 0.05) is 22.4 Å². The molecule has 0 saturated heterocycles. The van der Waals surface area contributed by atoms with Crippen LogP contribution in [0.25, 0.3) is 10.6 Å². The lowest BCUT2D eigenvalue weighted by Gasteiger charge is -2.21. The first-order valence-electron chi connectivity index (χ1n) is 8.28. The molecule has 1 heterocycles. The first-order chi connectivity index (χ1) is 12.7. The smallest absolute Gasteiger partial charge is 0.321 e. The molecule has 0 spiro atoms. The summed E-state index contributed by atoms with van der Waals surface area (Å²) in [5.41, 5.74) is 1.26. The Morgan fingerprint density at radius 3 is 2.41 bits per heavy atom. The van der Waals surface area contributed by atoms with Crippen molar-refractivity contribution in [3.8, 4) is 10.6 Å². The summed E-state index contributed by atoms with van der Waals surface area (Å²) in [6, 6.07) is 3.08. The molecule has 3 N–H and O–H groups in total. The Hall–Kier alpha value is -1.67. The highest BCUT2D eigenvalue weighted by Crippen LogP contribution is 2.32. The van der Waals surface area contributed by atoms with E-state index in [0.717, 1.165) is 0 Å². The highest BCUT2D eigenvalue weighted by molar-refractivity contribution is 7.13. The number of thiazole rings is 1. The molecule has 1 aromatic carbocycles. The fraction of sp³-hybridized carbons (Fsp3) is 0.389. The molecule has 0 aliphatic carbocycles. The summed E-state index contributed by atoms with van der Waals surface area (Å²) in [5.74, 6) is -2.07. The third-order valence-corrected chi connectivity index (χ3v) is 5.30. The number of benzene rings is 1. The number of nitrogens with one attached hydrogen (secondary N) is 1. The fourth-order valence-electron chi connectivity index (χ4n) is 2.57. The molecule has 0 amide bonds. The van der Waals surface area contributed by atoms with Crippen LogP contribution in [0, 0.1) is 5.92 Å². The maximum atomic E-state index is 11.6. The summed E-state index contributed by atoms with van der Waals surface area (Å²) in [4.78, 5) is 27.5. The van der Waals surface area contributed by atoms with Crippen LogP contribution in [0.3, 0.4) is 0 Å². The molecular weight excluding hydrogens is 411 g/mol. The van der Waals surface area contributed by atoms with Gasteiger partial charge in [0.2, 0.25) is 0 Å². The van der Waals surface area contributed by atoms with Crippen LogP contribution in [0.1, 0.15) is 26.0 Å². The molecule has 2 aromatic rings. The average molecular weight is 431 g/mol. The van der Waals surface area contributed by atoms with Gasteiger partial charge in [0.25, 0.3) is 0 Å². The second-order valence-corrected chi connectivity index (χ2v) is 8.25. The first-order valence-corrected chi connectivity index (χ1v) is 9.92. The van der Waals surface area contributed by atoms with E-state index >= 15 is 0 Å². The summed E-state index contributed by atoms with van der Waals surface area (Å²) in [6.45, 7) is 3.77. The van der Waals surface area contributed by atoms with Crippen LogP contribution >= 0.6 is 34.5 Å². The second kappa shape index (κ2) is 9.50. The van der Waals surface area contributed by atoms with Crippen molar-refractivity contribution in [2.24, 2.45) is 5.92 Å². The Bertz CT molecular complexity index is 825. The first kappa shape index (κ1) is 21.6. The van der Waals surface area contributed by atoms with E-state index in [1.165, 1.54) is 11.3 Å². The molecule has 2 unspecified atom stereocenters. The average Bonchev–Trinajstić information content (AvgIpc) is 3.01. The molecule has 1 aromatic heterocycles. The number of aliphatic carboxylic acids is 2. The zero-order chi connectivity index (χ0) is 20.1. The van der Waals surface area contributed by atoms with Crippen LogP contribution in [0.5, 0.6) is 0 Å². The van der Waals surface area contributed by atoms with Crippen LogP contribution in [-0.2, 0) is 16.0 Å². The number of rotatable bonds is 9. The molecule has 2 rings (SSSR count). The molecular formula is C18H20Cl2N2O4S. The van der Waals surface area contributed by atoms with E-state index < -0.39 is 24.0 Å². The lowest BCUT2D eigenvalue weighted by atomic mass is 10.0. The molecule has 0 aliphatic heterocycles. The summed E-state index contributed by atoms with van der Waals surface area (Å²) in [6.07, 6.45) is 0.404. The van der Waals surface area contributed by atoms with Crippen LogP contribution in [0.4, 0.5) is 0 Å². The number of hydrogen-bond donors (Lipinski definition) is 3.